The van der Waals surface area contributed by atoms with E-state index in [0.717, 1.165) is 5.56 Å². The van der Waals surface area contributed by atoms with Crippen molar-refractivity contribution < 1.29 is 18.7 Å². The Kier molecular flexibility index (Phi) is 6.65. The molecule has 0 unspecified atom stereocenters. The predicted octanol–water partition coefficient (Wildman–Crippen LogP) is 4.90. The lowest BCUT2D eigenvalue weighted by atomic mass is 9.95. The first-order valence-electron chi connectivity index (χ1n) is 12.2. The van der Waals surface area contributed by atoms with E-state index in [2.05, 4.69) is 11.9 Å². The molecule has 0 spiro atoms. The SMILES string of the molecule is COc1cc(CN2C[C@H](C)CCn3c(c(-c4ccc(F)cc4)c4cccnc4c3=O)C2=O)cc(OC)c1. The van der Waals surface area contributed by atoms with Gasteiger partial charge in [-0.2, -0.15) is 0 Å². The van der Waals surface area contributed by atoms with E-state index in [1.807, 2.05) is 12.1 Å². The summed E-state index contributed by atoms with van der Waals surface area (Å²) < 4.78 is 26.2. The molecule has 1 aliphatic rings. The van der Waals surface area contributed by atoms with Gasteiger partial charge in [-0.15, -0.1) is 0 Å². The van der Waals surface area contributed by atoms with Gasteiger partial charge in [0.2, 0.25) is 0 Å². The number of hydrogen-bond donors (Lipinski definition) is 0. The van der Waals surface area contributed by atoms with Gasteiger partial charge in [-0.3, -0.25) is 14.6 Å². The molecular formula is C29H28FN3O4. The van der Waals surface area contributed by atoms with Crippen LogP contribution in [0.1, 0.15) is 29.4 Å². The highest BCUT2D eigenvalue weighted by molar-refractivity contribution is 6.07. The van der Waals surface area contributed by atoms with Crippen LogP contribution in [-0.2, 0) is 13.1 Å². The largest absolute Gasteiger partial charge is 0.497 e. The van der Waals surface area contributed by atoms with Crippen molar-refractivity contribution in [1.82, 2.24) is 14.5 Å². The number of nitrogens with zero attached hydrogens (tertiary/aromatic N) is 3. The zero-order valence-electron chi connectivity index (χ0n) is 21.0. The molecule has 0 radical (unpaired) electrons. The number of carbonyl (C=O) groups is 1. The van der Waals surface area contributed by atoms with Crippen LogP contribution >= 0.6 is 0 Å². The topological polar surface area (TPSA) is 73.7 Å². The lowest BCUT2D eigenvalue weighted by Gasteiger charge is -2.32. The number of carbonyl (C=O) groups excluding carboxylic acids is 1. The minimum Gasteiger partial charge on any atom is -0.497 e. The Morgan fingerprint density at radius 2 is 1.73 bits per heavy atom. The Morgan fingerprint density at radius 1 is 1.03 bits per heavy atom. The van der Waals surface area contributed by atoms with Gasteiger partial charge in [-0.25, -0.2) is 4.39 Å². The smallest absolute Gasteiger partial charge is 0.277 e. The van der Waals surface area contributed by atoms with Crippen LogP contribution in [0.3, 0.4) is 0 Å². The first-order chi connectivity index (χ1) is 17.9. The number of pyridine rings is 2. The van der Waals surface area contributed by atoms with Gasteiger partial charge in [-0.05, 0) is 53.8 Å². The molecule has 3 heterocycles. The lowest BCUT2D eigenvalue weighted by molar-refractivity contribution is 0.0686. The van der Waals surface area contributed by atoms with E-state index in [9.17, 15) is 14.0 Å². The Labute approximate surface area is 214 Å². The van der Waals surface area contributed by atoms with Gasteiger partial charge in [-0.1, -0.05) is 25.1 Å². The van der Waals surface area contributed by atoms with Crippen molar-refractivity contribution in [3.63, 3.8) is 0 Å². The highest BCUT2D eigenvalue weighted by Crippen LogP contribution is 2.33. The van der Waals surface area contributed by atoms with Crippen LogP contribution < -0.4 is 15.0 Å². The molecular weight excluding hydrogens is 473 g/mol. The summed E-state index contributed by atoms with van der Waals surface area (Å²) in [5, 5.41) is 0.565. The molecule has 8 heteroatoms. The van der Waals surface area contributed by atoms with Crippen molar-refractivity contribution in [2.45, 2.75) is 26.4 Å². The van der Waals surface area contributed by atoms with Crippen molar-refractivity contribution in [2.75, 3.05) is 20.8 Å². The number of hydrogen-bond acceptors (Lipinski definition) is 5. The standard InChI is InChI=1S/C29H28FN3O4/c1-18-10-12-33-27(29(35)32(16-18)17-19-13-22(36-2)15-23(14-19)37-3)25(20-6-8-21(30)9-7-20)24-5-4-11-31-26(24)28(33)34/h4-9,11,13-15,18H,10,12,16-17H2,1-3H3/t18-/m1/s1. The summed E-state index contributed by atoms with van der Waals surface area (Å²) in [6.45, 7) is 3.28. The highest BCUT2D eigenvalue weighted by atomic mass is 19.1. The van der Waals surface area contributed by atoms with E-state index in [1.54, 1.807) is 60.2 Å². The number of ether oxygens (including phenoxy) is 2. The van der Waals surface area contributed by atoms with E-state index in [-0.39, 0.29) is 28.7 Å². The summed E-state index contributed by atoms with van der Waals surface area (Å²) in [6.07, 6.45) is 2.28. The maximum atomic E-state index is 14.3. The first kappa shape index (κ1) is 24.5. The highest BCUT2D eigenvalue weighted by Gasteiger charge is 2.30. The molecule has 2 aromatic carbocycles. The van der Waals surface area contributed by atoms with Crippen LogP contribution in [-0.4, -0.2) is 41.1 Å². The number of methoxy groups -OCH3 is 2. The molecule has 1 aliphatic heterocycles. The molecule has 1 atom stereocenters. The van der Waals surface area contributed by atoms with E-state index in [0.29, 0.717) is 59.8 Å². The summed E-state index contributed by atoms with van der Waals surface area (Å²) >= 11 is 0. The zero-order chi connectivity index (χ0) is 26.1. The van der Waals surface area contributed by atoms with Crippen molar-refractivity contribution >= 4 is 16.8 Å². The first-order valence-corrected chi connectivity index (χ1v) is 12.2. The number of halogens is 1. The Balaban J connectivity index is 1.72. The van der Waals surface area contributed by atoms with Crippen LogP contribution in [0.2, 0.25) is 0 Å². The predicted molar refractivity (Wildman–Crippen MR) is 139 cm³/mol. The minimum atomic E-state index is -0.379. The lowest BCUT2D eigenvalue weighted by Crippen LogP contribution is -2.41. The quantitative estimate of drug-likeness (QED) is 0.389. The third-order valence-electron chi connectivity index (χ3n) is 6.82. The Morgan fingerprint density at radius 3 is 2.41 bits per heavy atom. The van der Waals surface area contributed by atoms with Crippen LogP contribution in [0, 0.1) is 11.7 Å². The summed E-state index contributed by atoms with van der Waals surface area (Å²) in [5.74, 6) is 0.766. The van der Waals surface area contributed by atoms with Gasteiger partial charge >= 0.3 is 0 Å². The summed E-state index contributed by atoms with van der Waals surface area (Å²) in [4.78, 5) is 34.0. The van der Waals surface area contributed by atoms with Gasteiger partial charge in [0.15, 0.2) is 0 Å². The fourth-order valence-corrected chi connectivity index (χ4v) is 4.98. The van der Waals surface area contributed by atoms with E-state index < -0.39 is 0 Å². The minimum absolute atomic E-state index is 0.158. The molecule has 37 heavy (non-hydrogen) atoms. The van der Waals surface area contributed by atoms with Crippen molar-refractivity contribution in [1.29, 1.82) is 0 Å². The molecule has 0 bridgehead atoms. The average molecular weight is 502 g/mol. The second-order valence-electron chi connectivity index (χ2n) is 9.39. The van der Waals surface area contributed by atoms with Crippen molar-refractivity contribution in [2.24, 2.45) is 5.92 Å². The third kappa shape index (κ3) is 4.67. The zero-order valence-corrected chi connectivity index (χ0v) is 21.0. The summed E-state index contributed by atoms with van der Waals surface area (Å²) in [7, 11) is 3.16. The molecule has 0 saturated heterocycles. The van der Waals surface area contributed by atoms with Gasteiger partial charge in [0.25, 0.3) is 11.5 Å². The number of benzene rings is 2. The molecule has 1 amide bonds. The molecule has 2 aromatic heterocycles. The van der Waals surface area contributed by atoms with Crippen LogP contribution in [0.25, 0.3) is 22.0 Å². The van der Waals surface area contributed by atoms with Crippen LogP contribution in [0.5, 0.6) is 11.5 Å². The maximum absolute atomic E-state index is 14.3. The van der Waals surface area contributed by atoms with E-state index in [1.165, 1.54) is 12.1 Å². The molecule has 0 N–H and O–H groups in total. The normalized spacial score (nSPS) is 15.7. The van der Waals surface area contributed by atoms with Gasteiger partial charge in [0, 0.05) is 42.8 Å². The number of aromatic nitrogens is 2. The molecule has 0 aliphatic carbocycles. The molecule has 190 valence electrons. The molecule has 5 rings (SSSR count). The number of fused-ring (bicyclic) bond motifs is 2. The Hall–Kier alpha value is -4.20. The third-order valence-corrected chi connectivity index (χ3v) is 6.82. The van der Waals surface area contributed by atoms with Crippen molar-refractivity contribution in [3.05, 3.63) is 88.2 Å². The summed E-state index contributed by atoms with van der Waals surface area (Å²) in [5.41, 5.74) is 2.34. The van der Waals surface area contributed by atoms with Gasteiger partial charge in [0.1, 0.15) is 28.5 Å². The fraction of sp³-hybridized carbons (Fsp3) is 0.276. The Bertz CT molecular complexity index is 1510. The monoisotopic (exact) mass is 501 g/mol. The van der Waals surface area contributed by atoms with E-state index >= 15 is 0 Å². The van der Waals surface area contributed by atoms with E-state index in [4.69, 9.17) is 9.47 Å². The average Bonchev–Trinajstić information content (AvgIpc) is 2.91. The second kappa shape index (κ2) is 10.0. The van der Waals surface area contributed by atoms with Crippen molar-refractivity contribution in [3.8, 4) is 22.6 Å². The van der Waals surface area contributed by atoms with Crippen LogP contribution in [0.15, 0.2) is 65.6 Å². The summed E-state index contributed by atoms with van der Waals surface area (Å²) in [6, 6.07) is 15.0. The molecule has 7 nitrogen and oxygen atoms in total. The van der Waals surface area contributed by atoms with Gasteiger partial charge in [0.05, 0.1) is 14.2 Å². The number of amides is 1. The fourth-order valence-electron chi connectivity index (χ4n) is 4.98. The van der Waals surface area contributed by atoms with Crippen LogP contribution in [0.4, 0.5) is 4.39 Å². The van der Waals surface area contributed by atoms with Gasteiger partial charge < -0.3 is 18.9 Å². The number of rotatable bonds is 5. The maximum Gasteiger partial charge on any atom is 0.277 e. The molecule has 4 aromatic rings. The molecule has 0 saturated carbocycles. The second-order valence-corrected chi connectivity index (χ2v) is 9.39. The molecule has 0 fully saturated rings.